The van der Waals surface area contributed by atoms with Gasteiger partial charge in [0.2, 0.25) is 0 Å². The summed E-state index contributed by atoms with van der Waals surface area (Å²) < 4.78 is 5.26. The minimum atomic E-state index is -1.20. The Hall–Kier alpha value is -1.17. The van der Waals surface area contributed by atoms with E-state index in [1.165, 1.54) is 12.2 Å². The maximum absolute atomic E-state index is 11.8. The van der Waals surface area contributed by atoms with Crippen LogP contribution in [0.2, 0.25) is 0 Å². The Morgan fingerprint density at radius 2 is 1.91 bits per heavy atom. The Morgan fingerprint density at radius 3 is 2.55 bits per heavy atom. The first-order chi connectivity index (χ1) is 10.0. The molecule has 0 radical (unpaired) electrons. The molecule has 3 N–H and O–H groups in total. The molecule has 0 spiro atoms. The molecule has 22 heavy (non-hydrogen) atoms. The van der Waals surface area contributed by atoms with E-state index >= 15 is 0 Å². The third-order valence-corrected chi connectivity index (χ3v) is 4.24. The van der Waals surface area contributed by atoms with Crippen LogP contribution >= 0.6 is 0 Å². The van der Waals surface area contributed by atoms with Gasteiger partial charge in [-0.1, -0.05) is 18.2 Å². The van der Waals surface area contributed by atoms with Gasteiger partial charge in [0.25, 0.3) is 0 Å². The molecule has 1 heterocycles. The van der Waals surface area contributed by atoms with Crippen LogP contribution in [0, 0.1) is 0 Å². The number of carbonyl (C=O) groups excluding carboxylic acids is 1. The van der Waals surface area contributed by atoms with Crippen LogP contribution in [0.4, 0.5) is 0 Å². The molecule has 0 aromatic carbocycles. The Kier molecular flexibility index (Phi) is 6.35. The Balaban J connectivity index is 2.97. The summed E-state index contributed by atoms with van der Waals surface area (Å²) in [4.78, 5) is 11.8. The lowest BCUT2D eigenvalue weighted by molar-refractivity contribution is -0.163. The summed E-state index contributed by atoms with van der Waals surface area (Å²) >= 11 is 0. The topological polar surface area (TPSA) is 87.0 Å². The van der Waals surface area contributed by atoms with E-state index in [-0.39, 0.29) is 12.8 Å². The number of aliphatic hydroxyl groups excluding tert-OH is 1. The second-order valence-corrected chi connectivity index (χ2v) is 6.64. The number of rotatable bonds is 0. The number of carbonyl (C=O) groups is 1. The molecule has 1 aliphatic heterocycles. The average Bonchev–Trinajstić information content (AvgIpc) is 2.41. The number of hydrogen-bond acceptors (Lipinski definition) is 5. The highest BCUT2D eigenvalue weighted by atomic mass is 16.6. The lowest BCUT2D eigenvalue weighted by Crippen LogP contribution is -2.40. The molecule has 1 rings (SSSR count). The highest BCUT2D eigenvalue weighted by molar-refractivity contribution is 5.69. The van der Waals surface area contributed by atoms with Gasteiger partial charge >= 0.3 is 5.97 Å². The van der Waals surface area contributed by atoms with Gasteiger partial charge in [-0.3, -0.25) is 4.79 Å². The van der Waals surface area contributed by atoms with Crippen LogP contribution in [-0.2, 0) is 9.53 Å². The monoisotopic (exact) mass is 312 g/mol. The van der Waals surface area contributed by atoms with Crippen molar-refractivity contribution < 1.29 is 24.9 Å². The molecule has 0 aromatic rings. The predicted octanol–water partition coefficient (Wildman–Crippen LogP) is 1.86. The van der Waals surface area contributed by atoms with Crippen LogP contribution in [0.3, 0.4) is 0 Å². The normalized spacial score (nSPS) is 38.9. The van der Waals surface area contributed by atoms with E-state index in [1.54, 1.807) is 27.7 Å². The Morgan fingerprint density at radius 1 is 1.27 bits per heavy atom. The highest BCUT2D eigenvalue weighted by Crippen LogP contribution is 2.23. The van der Waals surface area contributed by atoms with Gasteiger partial charge in [-0.25, -0.2) is 0 Å². The molecule has 5 heteroatoms. The Bertz CT molecular complexity index is 448. The lowest BCUT2D eigenvalue weighted by atomic mass is 9.92. The smallest absolute Gasteiger partial charge is 0.306 e. The van der Waals surface area contributed by atoms with Crippen molar-refractivity contribution in [3.05, 3.63) is 23.8 Å². The quantitative estimate of drug-likeness (QED) is 0.469. The van der Waals surface area contributed by atoms with Gasteiger partial charge in [0, 0.05) is 6.42 Å². The van der Waals surface area contributed by atoms with Crippen LogP contribution in [0.1, 0.15) is 53.4 Å². The summed E-state index contributed by atoms with van der Waals surface area (Å²) in [6.45, 7) is 6.67. The van der Waals surface area contributed by atoms with Gasteiger partial charge in [0.1, 0.15) is 6.10 Å². The minimum absolute atomic E-state index is 0.0443. The van der Waals surface area contributed by atoms with Crippen LogP contribution in [0.25, 0.3) is 0 Å². The van der Waals surface area contributed by atoms with E-state index in [0.29, 0.717) is 12.8 Å². The van der Waals surface area contributed by atoms with Gasteiger partial charge < -0.3 is 20.1 Å². The van der Waals surface area contributed by atoms with Gasteiger partial charge in [-0.2, -0.15) is 0 Å². The summed E-state index contributed by atoms with van der Waals surface area (Å²) in [5.74, 6) is -0.453. The third-order valence-electron chi connectivity index (χ3n) is 4.24. The van der Waals surface area contributed by atoms with E-state index in [2.05, 4.69) is 0 Å². The number of hydrogen-bond donors (Lipinski definition) is 3. The summed E-state index contributed by atoms with van der Waals surface area (Å²) in [5.41, 5.74) is -1.58. The van der Waals surface area contributed by atoms with E-state index in [1.807, 2.05) is 6.08 Å². The second-order valence-electron chi connectivity index (χ2n) is 6.64. The molecule has 4 atom stereocenters. The van der Waals surface area contributed by atoms with Crippen molar-refractivity contribution in [2.24, 2.45) is 0 Å². The molecule has 0 amide bonds. The largest absolute Gasteiger partial charge is 0.460 e. The van der Waals surface area contributed by atoms with Crippen molar-refractivity contribution in [2.75, 3.05) is 0 Å². The van der Waals surface area contributed by atoms with E-state index in [9.17, 15) is 20.1 Å². The molecule has 0 aliphatic carbocycles. The maximum Gasteiger partial charge on any atom is 0.306 e. The van der Waals surface area contributed by atoms with Crippen molar-refractivity contribution in [2.45, 2.75) is 76.8 Å². The predicted molar refractivity (Wildman–Crippen MR) is 84.2 cm³/mol. The molecule has 4 unspecified atom stereocenters. The number of aliphatic hydroxyl groups is 3. The van der Waals surface area contributed by atoms with E-state index < -0.39 is 29.4 Å². The van der Waals surface area contributed by atoms with Crippen molar-refractivity contribution in [1.29, 1.82) is 0 Å². The van der Waals surface area contributed by atoms with Crippen molar-refractivity contribution >= 4 is 5.97 Å². The second kappa shape index (κ2) is 7.40. The standard InChI is InChI=1S/C17H28O5/c1-12-6-5-9-17(4,21)13(2)22-15(19)8-11-16(3,20)10-7-14(12)18/h6-7,10,13-14,18,20-21H,5,8-9,11H2,1-4H3. The first-order valence-electron chi connectivity index (χ1n) is 7.72. The van der Waals surface area contributed by atoms with Crippen molar-refractivity contribution in [3.8, 4) is 0 Å². The number of ether oxygens (including phenoxy) is 1. The lowest BCUT2D eigenvalue weighted by Gasteiger charge is -2.30. The first kappa shape index (κ1) is 18.9. The van der Waals surface area contributed by atoms with Crippen molar-refractivity contribution in [3.63, 3.8) is 0 Å². The summed E-state index contributed by atoms with van der Waals surface area (Å²) in [7, 11) is 0. The van der Waals surface area contributed by atoms with Crippen LogP contribution in [-0.4, -0.2) is 44.7 Å². The third kappa shape index (κ3) is 5.91. The van der Waals surface area contributed by atoms with E-state index in [4.69, 9.17) is 4.74 Å². The minimum Gasteiger partial charge on any atom is -0.460 e. The van der Waals surface area contributed by atoms with Crippen LogP contribution in [0.15, 0.2) is 23.8 Å². The molecule has 0 bridgehead atoms. The van der Waals surface area contributed by atoms with Gasteiger partial charge in [0.15, 0.2) is 0 Å². The molecule has 0 saturated carbocycles. The Labute approximate surface area is 132 Å². The van der Waals surface area contributed by atoms with Crippen LogP contribution < -0.4 is 0 Å². The molecule has 0 aromatic heterocycles. The molecular weight excluding hydrogens is 284 g/mol. The van der Waals surface area contributed by atoms with Crippen molar-refractivity contribution in [1.82, 2.24) is 0 Å². The fourth-order valence-corrected chi connectivity index (χ4v) is 2.19. The molecule has 5 nitrogen and oxygen atoms in total. The summed E-state index contributed by atoms with van der Waals surface area (Å²) in [6.07, 6.45) is 4.66. The SMILES string of the molecule is CC1=CCCC(C)(O)C(C)OC(=O)CCC(C)(O)C=CC1O. The van der Waals surface area contributed by atoms with Gasteiger partial charge in [-0.05, 0) is 52.5 Å². The van der Waals surface area contributed by atoms with Gasteiger partial charge in [-0.15, -0.1) is 0 Å². The number of esters is 1. The summed E-state index contributed by atoms with van der Waals surface area (Å²) in [6, 6.07) is 0. The fourth-order valence-electron chi connectivity index (χ4n) is 2.19. The molecule has 0 fully saturated rings. The molecule has 0 saturated heterocycles. The molecule has 126 valence electrons. The first-order valence-corrected chi connectivity index (χ1v) is 7.72. The van der Waals surface area contributed by atoms with Gasteiger partial charge in [0.05, 0.1) is 17.3 Å². The zero-order valence-corrected chi connectivity index (χ0v) is 13.9. The number of cyclic esters (lactones) is 1. The zero-order chi connectivity index (χ0) is 17.0. The summed E-state index contributed by atoms with van der Waals surface area (Å²) in [5, 5.41) is 30.6. The maximum atomic E-state index is 11.8. The highest BCUT2D eigenvalue weighted by Gasteiger charge is 2.31. The molecule has 1 aliphatic rings. The molecular formula is C17H28O5. The number of allylic oxidation sites excluding steroid dienone is 1. The zero-order valence-electron chi connectivity index (χ0n) is 13.9. The average molecular weight is 312 g/mol. The fraction of sp³-hybridized carbons (Fsp3) is 0.706. The van der Waals surface area contributed by atoms with E-state index in [0.717, 1.165) is 5.57 Å². The van der Waals surface area contributed by atoms with Crippen LogP contribution in [0.5, 0.6) is 0 Å².